The zero-order valence-electron chi connectivity index (χ0n) is 20.1. The monoisotopic (exact) mass is 486 g/mol. The second-order valence-corrected chi connectivity index (χ2v) is 7.95. The summed E-state index contributed by atoms with van der Waals surface area (Å²) in [5.41, 5.74) is 10.5. The molecular formula is C21H38N6O7. The third-order valence-electron chi connectivity index (χ3n) is 5.22. The Morgan fingerprint density at radius 2 is 1.65 bits per heavy atom. The minimum Gasteiger partial charge on any atom is -0.481 e. The maximum Gasteiger partial charge on any atom is 0.326 e. The normalized spacial score (nSPS) is 13.1. The molecule has 34 heavy (non-hydrogen) atoms. The van der Waals surface area contributed by atoms with E-state index in [0.717, 1.165) is 0 Å². The number of likely N-dealkylation sites (N-methyl/N-ethyl adjacent to an activating group) is 1. The van der Waals surface area contributed by atoms with Gasteiger partial charge in [0.05, 0.1) is 13.0 Å². The molecular weight excluding hydrogens is 448 g/mol. The van der Waals surface area contributed by atoms with Crippen molar-refractivity contribution in [2.24, 2.45) is 22.4 Å². The van der Waals surface area contributed by atoms with Gasteiger partial charge in [0.2, 0.25) is 17.7 Å². The molecule has 0 unspecified atom stereocenters. The number of amides is 3. The first-order chi connectivity index (χ1) is 15.9. The number of guanidine groups is 1. The predicted molar refractivity (Wildman–Crippen MR) is 125 cm³/mol. The maximum absolute atomic E-state index is 12.6. The second kappa shape index (κ2) is 16.3. The summed E-state index contributed by atoms with van der Waals surface area (Å²) in [5, 5.41) is 23.1. The zero-order chi connectivity index (χ0) is 26.3. The molecule has 0 rings (SSSR count). The molecule has 8 N–H and O–H groups in total. The van der Waals surface area contributed by atoms with Gasteiger partial charge in [0.15, 0.2) is 5.96 Å². The molecule has 0 aromatic heterocycles. The minimum atomic E-state index is -1.49. The van der Waals surface area contributed by atoms with Gasteiger partial charge in [-0.25, -0.2) is 4.79 Å². The van der Waals surface area contributed by atoms with Gasteiger partial charge < -0.3 is 37.2 Å². The van der Waals surface area contributed by atoms with Gasteiger partial charge in [-0.05, 0) is 25.7 Å². The molecule has 0 fully saturated rings. The molecule has 0 aromatic carbocycles. The Kier molecular flexibility index (Phi) is 14.6. The zero-order valence-corrected chi connectivity index (χ0v) is 20.1. The Labute approximate surface area is 199 Å². The van der Waals surface area contributed by atoms with Crippen LogP contribution in [0.3, 0.4) is 0 Å². The largest absolute Gasteiger partial charge is 0.481 e. The smallest absolute Gasteiger partial charge is 0.326 e. The summed E-state index contributed by atoms with van der Waals surface area (Å²) in [6.45, 7) is 5.42. The van der Waals surface area contributed by atoms with Gasteiger partial charge in [0, 0.05) is 19.5 Å². The molecule has 13 heteroatoms. The molecule has 194 valence electrons. The van der Waals surface area contributed by atoms with Gasteiger partial charge >= 0.3 is 11.9 Å². The van der Waals surface area contributed by atoms with Crippen molar-refractivity contribution in [2.75, 3.05) is 19.6 Å². The number of aliphatic carboxylic acids is 2. The summed E-state index contributed by atoms with van der Waals surface area (Å²) in [6, 6.07) is -2.72. The van der Waals surface area contributed by atoms with Gasteiger partial charge in [-0.3, -0.25) is 24.2 Å². The van der Waals surface area contributed by atoms with Crippen LogP contribution in [0.1, 0.15) is 59.3 Å². The summed E-state index contributed by atoms with van der Waals surface area (Å²) < 4.78 is 0. The fraction of sp³-hybridized carbons (Fsp3) is 0.714. The standard InChI is InChI=1S/C21H38N6O7/c1-4-13(3)18(20(33)34)26-19(32)14(11-17(30)31)25-15(28)12-27(5-2)16(29)9-7-6-8-10-24-21(22)23/h13-14,18H,4-12H2,1-3H3,(H,25,28)(H,26,32)(H,30,31)(H,33,34)(H4,22,23,24)/t13-,14-,18-/m0/s1. The average molecular weight is 487 g/mol. The molecule has 0 aliphatic rings. The lowest BCUT2D eigenvalue weighted by molar-refractivity contribution is -0.145. The first-order valence-electron chi connectivity index (χ1n) is 11.3. The molecule has 0 aliphatic heterocycles. The van der Waals surface area contributed by atoms with Crippen molar-refractivity contribution in [3.05, 3.63) is 0 Å². The van der Waals surface area contributed by atoms with E-state index in [1.807, 2.05) is 0 Å². The number of nitrogens with one attached hydrogen (secondary N) is 2. The number of carboxylic acid groups (broad SMARTS) is 2. The van der Waals surface area contributed by atoms with Crippen molar-refractivity contribution < 1.29 is 34.2 Å². The fourth-order valence-electron chi connectivity index (χ4n) is 3.04. The number of rotatable bonds is 17. The van der Waals surface area contributed by atoms with Crippen LogP contribution in [0, 0.1) is 5.92 Å². The van der Waals surface area contributed by atoms with E-state index in [1.54, 1.807) is 20.8 Å². The Bertz CT molecular complexity index is 739. The molecule has 0 saturated heterocycles. The highest BCUT2D eigenvalue weighted by atomic mass is 16.4. The van der Waals surface area contributed by atoms with Crippen LogP contribution in [0.15, 0.2) is 4.99 Å². The molecule has 13 nitrogen and oxygen atoms in total. The third kappa shape index (κ3) is 12.6. The van der Waals surface area contributed by atoms with Gasteiger partial charge in [0.1, 0.15) is 12.1 Å². The Balaban J connectivity index is 4.95. The van der Waals surface area contributed by atoms with Crippen LogP contribution in [0.2, 0.25) is 0 Å². The van der Waals surface area contributed by atoms with E-state index >= 15 is 0 Å². The number of carbonyl (C=O) groups excluding carboxylic acids is 3. The number of carbonyl (C=O) groups is 5. The summed E-state index contributed by atoms with van der Waals surface area (Å²) in [5.74, 6) is -4.91. The second-order valence-electron chi connectivity index (χ2n) is 7.95. The quantitative estimate of drug-likeness (QED) is 0.0863. The number of aliphatic imine (C=N–C) groups is 1. The highest BCUT2D eigenvalue weighted by molar-refractivity contribution is 5.94. The topological polar surface area (TPSA) is 218 Å². The van der Waals surface area contributed by atoms with Crippen molar-refractivity contribution >= 4 is 35.6 Å². The summed E-state index contributed by atoms with van der Waals surface area (Å²) in [6.07, 6.45) is 1.94. The number of hydrogen-bond donors (Lipinski definition) is 6. The van der Waals surface area contributed by atoms with Crippen molar-refractivity contribution in [1.82, 2.24) is 15.5 Å². The molecule has 3 amide bonds. The lowest BCUT2D eigenvalue weighted by atomic mass is 9.98. The number of nitrogens with two attached hydrogens (primary N) is 2. The molecule has 0 heterocycles. The Morgan fingerprint density at radius 1 is 1.00 bits per heavy atom. The van der Waals surface area contributed by atoms with Crippen molar-refractivity contribution in [2.45, 2.75) is 71.4 Å². The molecule has 3 atom stereocenters. The number of carboxylic acids is 2. The lowest BCUT2D eigenvalue weighted by Crippen LogP contribution is -2.55. The number of hydrogen-bond acceptors (Lipinski definition) is 6. The van der Waals surface area contributed by atoms with Gasteiger partial charge in [-0.1, -0.05) is 26.7 Å². The number of nitrogens with zero attached hydrogens (tertiary/aromatic N) is 2. The van der Waals surface area contributed by atoms with E-state index in [4.69, 9.17) is 16.6 Å². The van der Waals surface area contributed by atoms with E-state index in [0.29, 0.717) is 32.2 Å². The summed E-state index contributed by atoms with van der Waals surface area (Å²) in [4.78, 5) is 65.2. The van der Waals surface area contributed by atoms with Gasteiger partial charge in [-0.2, -0.15) is 0 Å². The molecule has 0 bridgehead atoms. The van der Waals surface area contributed by atoms with Gasteiger partial charge in [-0.15, -0.1) is 0 Å². The van der Waals surface area contributed by atoms with E-state index in [1.165, 1.54) is 4.90 Å². The highest BCUT2D eigenvalue weighted by Gasteiger charge is 2.31. The van der Waals surface area contributed by atoms with Crippen LogP contribution in [0.4, 0.5) is 0 Å². The van der Waals surface area contributed by atoms with E-state index < -0.39 is 48.2 Å². The average Bonchev–Trinajstić information content (AvgIpc) is 2.75. The van der Waals surface area contributed by atoms with E-state index in [2.05, 4.69) is 15.6 Å². The molecule has 0 aromatic rings. The first-order valence-corrected chi connectivity index (χ1v) is 11.3. The van der Waals surface area contributed by atoms with Gasteiger partial charge in [0.25, 0.3) is 0 Å². The molecule has 0 spiro atoms. The van der Waals surface area contributed by atoms with Crippen LogP contribution in [0.5, 0.6) is 0 Å². The van der Waals surface area contributed by atoms with Crippen LogP contribution in [0.25, 0.3) is 0 Å². The van der Waals surface area contributed by atoms with Crippen LogP contribution in [-0.4, -0.2) is 82.5 Å². The SMILES string of the molecule is CC[C@H](C)[C@H](NC(=O)[C@H](CC(=O)O)NC(=O)CN(CC)C(=O)CCCCCN=C(N)N)C(=O)O. The van der Waals surface area contributed by atoms with Crippen molar-refractivity contribution in [3.63, 3.8) is 0 Å². The maximum atomic E-state index is 12.6. The predicted octanol–water partition coefficient (Wildman–Crippen LogP) is -0.756. The lowest BCUT2D eigenvalue weighted by Gasteiger charge is -2.25. The first kappa shape index (κ1) is 30.6. The highest BCUT2D eigenvalue weighted by Crippen LogP contribution is 2.09. The Hall–Kier alpha value is -3.38. The fourth-order valence-corrected chi connectivity index (χ4v) is 3.04. The molecule has 0 aliphatic carbocycles. The third-order valence-corrected chi connectivity index (χ3v) is 5.22. The van der Waals surface area contributed by atoms with Crippen LogP contribution < -0.4 is 22.1 Å². The summed E-state index contributed by atoms with van der Waals surface area (Å²) in [7, 11) is 0. The van der Waals surface area contributed by atoms with E-state index in [-0.39, 0.29) is 31.4 Å². The van der Waals surface area contributed by atoms with Crippen molar-refractivity contribution in [1.29, 1.82) is 0 Å². The molecule has 0 saturated carbocycles. The summed E-state index contributed by atoms with van der Waals surface area (Å²) >= 11 is 0. The van der Waals surface area contributed by atoms with E-state index in [9.17, 15) is 29.1 Å². The Morgan fingerprint density at radius 3 is 2.15 bits per heavy atom. The van der Waals surface area contributed by atoms with Crippen LogP contribution >= 0.6 is 0 Å². The van der Waals surface area contributed by atoms with Crippen molar-refractivity contribution in [3.8, 4) is 0 Å². The minimum absolute atomic E-state index is 0.00693. The van der Waals surface area contributed by atoms with Crippen LogP contribution in [-0.2, 0) is 24.0 Å². The number of unbranched alkanes of at least 4 members (excludes halogenated alkanes) is 2. The molecule has 0 radical (unpaired) electrons.